The molecule has 1 aromatic carbocycles. The maximum Gasteiger partial charge on any atom is 0.243 e. The minimum atomic E-state index is -3.57. The highest BCUT2D eigenvalue weighted by atomic mass is 32.2. The summed E-state index contributed by atoms with van der Waals surface area (Å²) >= 11 is 0. The van der Waals surface area contributed by atoms with Gasteiger partial charge in [-0.3, -0.25) is 0 Å². The lowest BCUT2D eigenvalue weighted by Gasteiger charge is -2.16. The van der Waals surface area contributed by atoms with E-state index in [1.807, 2.05) is 0 Å². The Morgan fingerprint density at radius 1 is 1.47 bits per heavy atom. The van der Waals surface area contributed by atoms with Gasteiger partial charge in [-0.05, 0) is 31.0 Å². The smallest absolute Gasteiger partial charge is 0.243 e. The third kappa shape index (κ3) is 2.34. The molecule has 0 spiro atoms. The highest BCUT2D eigenvalue weighted by Gasteiger charge is 2.35. The number of nitrogens with zero attached hydrogens (tertiary/aromatic N) is 1. The van der Waals surface area contributed by atoms with Crippen LogP contribution in [0.1, 0.15) is 18.4 Å². The molecule has 0 saturated heterocycles. The second kappa shape index (κ2) is 4.36. The Kier molecular flexibility index (Phi) is 3.20. The summed E-state index contributed by atoms with van der Waals surface area (Å²) in [5.41, 5.74) is -0.00438. The first-order valence-corrected chi connectivity index (χ1v) is 6.78. The zero-order valence-electron chi connectivity index (χ0n) is 9.43. The van der Waals surface area contributed by atoms with Crippen LogP contribution in [0, 0.1) is 5.82 Å². The molecular formula is C11H14FNO3S. The summed E-state index contributed by atoms with van der Waals surface area (Å²) in [6.07, 6.45) is 1.73. The lowest BCUT2D eigenvalue weighted by molar-refractivity contribution is 0.275. The predicted molar refractivity (Wildman–Crippen MR) is 60.3 cm³/mol. The van der Waals surface area contributed by atoms with Crippen molar-refractivity contribution < 1.29 is 17.9 Å². The standard InChI is InChI=1S/C11H14FNO3S/c1-13(9-2-3-9)17(15,16)10-4-5-11(12)8(6-10)7-14/h4-6,9,14H,2-3,7H2,1H3. The fraction of sp³-hybridized carbons (Fsp3) is 0.455. The first-order valence-electron chi connectivity index (χ1n) is 5.34. The number of rotatable bonds is 4. The average molecular weight is 259 g/mol. The van der Waals surface area contributed by atoms with E-state index in [1.54, 1.807) is 0 Å². The van der Waals surface area contributed by atoms with Crippen molar-refractivity contribution in [2.45, 2.75) is 30.4 Å². The van der Waals surface area contributed by atoms with Crippen LogP contribution in [0.15, 0.2) is 23.1 Å². The van der Waals surface area contributed by atoms with Crippen LogP contribution in [0.25, 0.3) is 0 Å². The largest absolute Gasteiger partial charge is 0.392 e. The Morgan fingerprint density at radius 2 is 2.12 bits per heavy atom. The summed E-state index contributed by atoms with van der Waals surface area (Å²) in [7, 11) is -2.05. The third-order valence-electron chi connectivity index (χ3n) is 2.93. The molecule has 1 aromatic rings. The molecule has 0 unspecified atom stereocenters. The molecule has 1 aliphatic rings. The van der Waals surface area contributed by atoms with E-state index < -0.39 is 22.4 Å². The number of benzene rings is 1. The molecule has 1 aliphatic carbocycles. The van der Waals surface area contributed by atoms with Crippen molar-refractivity contribution in [3.63, 3.8) is 0 Å². The van der Waals surface area contributed by atoms with Crippen LogP contribution < -0.4 is 0 Å². The van der Waals surface area contributed by atoms with E-state index in [9.17, 15) is 12.8 Å². The maximum absolute atomic E-state index is 13.2. The molecule has 0 radical (unpaired) electrons. The van der Waals surface area contributed by atoms with E-state index in [1.165, 1.54) is 23.5 Å². The molecule has 1 saturated carbocycles. The second-order valence-electron chi connectivity index (χ2n) is 4.16. The maximum atomic E-state index is 13.2. The summed E-state index contributed by atoms with van der Waals surface area (Å²) in [6, 6.07) is 3.54. The average Bonchev–Trinajstić information content (AvgIpc) is 3.12. The Hall–Kier alpha value is -0.980. The molecule has 0 bridgehead atoms. The SMILES string of the molecule is CN(C1CC1)S(=O)(=O)c1ccc(F)c(CO)c1. The number of aliphatic hydroxyl groups is 1. The van der Waals surface area contributed by atoms with E-state index in [4.69, 9.17) is 5.11 Å². The van der Waals surface area contributed by atoms with E-state index in [0.29, 0.717) is 0 Å². The zero-order chi connectivity index (χ0) is 12.6. The van der Waals surface area contributed by atoms with Gasteiger partial charge in [0, 0.05) is 18.7 Å². The number of hydrogen-bond donors (Lipinski definition) is 1. The van der Waals surface area contributed by atoms with Gasteiger partial charge in [-0.1, -0.05) is 0 Å². The third-order valence-corrected chi connectivity index (χ3v) is 4.83. The van der Waals surface area contributed by atoms with Crippen molar-refractivity contribution in [2.75, 3.05) is 7.05 Å². The van der Waals surface area contributed by atoms with E-state index >= 15 is 0 Å². The van der Waals surface area contributed by atoms with Crippen LogP contribution >= 0.6 is 0 Å². The van der Waals surface area contributed by atoms with Gasteiger partial charge in [0.2, 0.25) is 10.0 Å². The first-order chi connectivity index (χ1) is 7.96. The van der Waals surface area contributed by atoms with Crippen LogP contribution in [0.3, 0.4) is 0 Å². The quantitative estimate of drug-likeness (QED) is 0.881. The van der Waals surface area contributed by atoms with Gasteiger partial charge in [-0.2, -0.15) is 4.31 Å². The van der Waals surface area contributed by atoms with Gasteiger partial charge in [-0.25, -0.2) is 12.8 Å². The minimum Gasteiger partial charge on any atom is -0.392 e. The van der Waals surface area contributed by atoms with Crippen LogP contribution in [0.5, 0.6) is 0 Å². The molecule has 94 valence electrons. The number of halogens is 1. The van der Waals surface area contributed by atoms with Crippen molar-refractivity contribution >= 4 is 10.0 Å². The van der Waals surface area contributed by atoms with Gasteiger partial charge >= 0.3 is 0 Å². The van der Waals surface area contributed by atoms with Gasteiger partial charge in [0.05, 0.1) is 11.5 Å². The highest BCUT2D eigenvalue weighted by molar-refractivity contribution is 7.89. The fourth-order valence-electron chi connectivity index (χ4n) is 1.63. The lowest BCUT2D eigenvalue weighted by atomic mass is 10.2. The summed E-state index contributed by atoms with van der Waals surface area (Å²) in [4.78, 5) is 0.0253. The minimum absolute atomic E-state index is 0.00438. The molecule has 1 fully saturated rings. The fourth-order valence-corrected chi connectivity index (χ4v) is 3.10. The molecule has 4 nitrogen and oxygen atoms in total. The Labute approximate surface area is 99.7 Å². The number of aliphatic hydroxyl groups excluding tert-OH is 1. The van der Waals surface area contributed by atoms with Crippen LogP contribution in [0.4, 0.5) is 4.39 Å². The Balaban J connectivity index is 2.38. The monoisotopic (exact) mass is 259 g/mol. The molecule has 6 heteroatoms. The second-order valence-corrected chi connectivity index (χ2v) is 6.16. The van der Waals surface area contributed by atoms with Crippen LogP contribution in [-0.2, 0) is 16.6 Å². The zero-order valence-corrected chi connectivity index (χ0v) is 10.2. The molecule has 0 aromatic heterocycles. The van der Waals surface area contributed by atoms with Gasteiger partial charge in [0.1, 0.15) is 5.82 Å². The normalized spacial score (nSPS) is 16.5. The summed E-state index contributed by atoms with van der Waals surface area (Å²) in [6.45, 7) is -0.512. The first kappa shape index (κ1) is 12.5. The van der Waals surface area contributed by atoms with Crippen molar-refractivity contribution in [3.8, 4) is 0 Å². The molecule has 0 aliphatic heterocycles. The van der Waals surface area contributed by atoms with E-state index in [-0.39, 0.29) is 16.5 Å². The Bertz CT molecular complexity index is 526. The van der Waals surface area contributed by atoms with Gasteiger partial charge < -0.3 is 5.11 Å². The van der Waals surface area contributed by atoms with E-state index in [0.717, 1.165) is 18.9 Å². The van der Waals surface area contributed by atoms with Crippen molar-refractivity contribution in [3.05, 3.63) is 29.6 Å². The molecular weight excluding hydrogens is 245 g/mol. The molecule has 0 heterocycles. The summed E-state index contributed by atoms with van der Waals surface area (Å²) in [5, 5.41) is 8.92. The van der Waals surface area contributed by atoms with E-state index in [2.05, 4.69) is 0 Å². The molecule has 2 rings (SSSR count). The van der Waals surface area contributed by atoms with Crippen LogP contribution in [-0.4, -0.2) is 30.9 Å². The van der Waals surface area contributed by atoms with Gasteiger partial charge in [0.15, 0.2) is 0 Å². The lowest BCUT2D eigenvalue weighted by Crippen LogP contribution is -2.29. The van der Waals surface area contributed by atoms with Crippen molar-refractivity contribution in [1.29, 1.82) is 0 Å². The van der Waals surface area contributed by atoms with Gasteiger partial charge in [-0.15, -0.1) is 0 Å². The predicted octanol–water partition coefficient (Wildman–Crippen LogP) is 1.10. The van der Waals surface area contributed by atoms with Gasteiger partial charge in [0.25, 0.3) is 0 Å². The topological polar surface area (TPSA) is 57.6 Å². The van der Waals surface area contributed by atoms with Crippen molar-refractivity contribution in [2.24, 2.45) is 0 Å². The molecule has 0 atom stereocenters. The molecule has 17 heavy (non-hydrogen) atoms. The number of hydrogen-bond acceptors (Lipinski definition) is 3. The molecule has 0 amide bonds. The summed E-state index contributed by atoms with van der Waals surface area (Å²) < 4.78 is 38.7. The van der Waals surface area contributed by atoms with Crippen molar-refractivity contribution in [1.82, 2.24) is 4.31 Å². The highest BCUT2D eigenvalue weighted by Crippen LogP contribution is 2.30. The summed E-state index contributed by atoms with van der Waals surface area (Å²) in [5.74, 6) is -0.597. The Morgan fingerprint density at radius 3 is 2.65 bits per heavy atom. The van der Waals surface area contributed by atoms with Crippen LogP contribution in [0.2, 0.25) is 0 Å². The number of sulfonamides is 1. The molecule has 1 N–H and O–H groups in total.